The molecule has 0 bridgehead atoms. The second kappa shape index (κ2) is 6.37. The largest absolute Gasteiger partial charge is 0.412 e. The molecule has 0 saturated carbocycles. The standard InChI is InChI=1S/C6H10O.H2O/c1-3-5-6(7)4-2;/h3,5H,4H2,1-2H3;1H2/b5-3+;. The van der Waals surface area contributed by atoms with E-state index in [-0.39, 0.29) is 11.3 Å². The number of hydrogen-bond donors (Lipinski definition) is 0. The van der Waals surface area contributed by atoms with Crippen LogP contribution < -0.4 is 0 Å². The molecule has 0 aliphatic heterocycles. The summed E-state index contributed by atoms with van der Waals surface area (Å²) < 4.78 is 0. The summed E-state index contributed by atoms with van der Waals surface area (Å²) in [5.41, 5.74) is 0. The molecule has 0 rings (SSSR count). The van der Waals surface area contributed by atoms with Crippen LogP contribution in [0.5, 0.6) is 0 Å². The van der Waals surface area contributed by atoms with Gasteiger partial charge < -0.3 is 5.48 Å². The number of allylic oxidation sites excluding steroid dienone is 2. The van der Waals surface area contributed by atoms with Crippen molar-refractivity contribution in [2.45, 2.75) is 20.3 Å². The van der Waals surface area contributed by atoms with Crippen LogP contribution in [-0.4, -0.2) is 11.3 Å². The summed E-state index contributed by atoms with van der Waals surface area (Å²) in [5, 5.41) is 0. The summed E-state index contributed by atoms with van der Waals surface area (Å²) in [6.45, 7) is 3.69. The van der Waals surface area contributed by atoms with Gasteiger partial charge in [-0.3, -0.25) is 4.79 Å². The lowest BCUT2D eigenvalue weighted by Crippen LogP contribution is -1.84. The monoisotopic (exact) mass is 116 g/mol. The summed E-state index contributed by atoms with van der Waals surface area (Å²) in [6, 6.07) is 0. The van der Waals surface area contributed by atoms with E-state index in [0.717, 1.165) is 0 Å². The van der Waals surface area contributed by atoms with Gasteiger partial charge in [0.2, 0.25) is 0 Å². The SMILES string of the molecule is C/C=C/C(=O)CC.O. The summed E-state index contributed by atoms with van der Waals surface area (Å²) in [7, 11) is 0. The first kappa shape index (κ1) is 10.4. The van der Waals surface area contributed by atoms with Crippen molar-refractivity contribution in [1.82, 2.24) is 0 Å². The lowest BCUT2D eigenvalue weighted by atomic mass is 10.3. The van der Waals surface area contributed by atoms with E-state index in [1.807, 2.05) is 13.8 Å². The number of rotatable bonds is 2. The van der Waals surface area contributed by atoms with Gasteiger partial charge in [-0.25, -0.2) is 0 Å². The van der Waals surface area contributed by atoms with Gasteiger partial charge in [0.15, 0.2) is 5.78 Å². The summed E-state index contributed by atoms with van der Waals surface area (Å²) in [5.74, 6) is 0.197. The molecule has 0 aromatic carbocycles. The molecule has 2 heteroatoms. The second-order valence-electron chi connectivity index (χ2n) is 1.32. The number of ketones is 1. The van der Waals surface area contributed by atoms with Crippen molar-refractivity contribution in [3.05, 3.63) is 12.2 Å². The van der Waals surface area contributed by atoms with Crippen LogP contribution in [0.4, 0.5) is 0 Å². The van der Waals surface area contributed by atoms with E-state index in [1.54, 1.807) is 12.2 Å². The maximum absolute atomic E-state index is 10.3. The van der Waals surface area contributed by atoms with Gasteiger partial charge in [-0.1, -0.05) is 13.0 Å². The molecule has 0 fully saturated rings. The highest BCUT2D eigenvalue weighted by Crippen LogP contribution is 1.80. The Kier molecular flexibility index (Phi) is 8.26. The minimum absolute atomic E-state index is 0. The molecule has 0 spiro atoms. The van der Waals surface area contributed by atoms with E-state index in [1.165, 1.54) is 0 Å². The predicted molar refractivity (Wildman–Crippen MR) is 33.7 cm³/mol. The van der Waals surface area contributed by atoms with Crippen molar-refractivity contribution >= 4 is 5.78 Å². The van der Waals surface area contributed by atoms with Crippen molar-refractivity contribution in [3.63, 3.8) is 0 Å². The van der Waals surface area contributed by atoms with Crippen LogP contribution in [-0.2, 0) is 4.79 Å². The molecule has 0 aromatic rings. The molecule has 8 heavy (non-hydrogen) atoms. The van der Waals surface area contributed by atoms with Crippen molar-refractivity contribution in [3.8, 4) is 0 Å². The molecule has 0 unspecified atom stereocenters. The molecule has 0 atom stereocenters. The predicted octanol–water partition coefficient (Wildman–Crippen LogP) is 0.717. The number of carbonyl (C=O) groups excluding carboxylic acids is 1. The lowest BCUT2D eigenvalue weighted by Gasteiger charge is -1.78. The van der Waals surface area contributed by atoms with Gasteiger partial charge in [-0.05, 0) is 13.0 Å². The highest BCUT2D eigenvalue weighted by Gasteiger charge is 1.83. The first-order valence-electron chi connectivity index (χ1n) is 2.46. The van der Waals surface area contributed by atoms with Crippen molar-refractivity contribution in [2.24, 2.45) is 0 Å². The van der Waals surface area contributed by atoms with Gasteiger partial charge in [-0.2, -0.15) is 0 Å². The zero-order valence-electron chi connectivity index (χ0n) is 5.27. The third-order valence-electron chi connectivity index (χ3n) is 0.701. The van der Waals surface area contributed by atoms with E-state index in [2.05, 4.69) is 0 Å². The average molecular weight is 116 g/mol. The van der Waals surface area contributed by atoms with E-state index in [4.69, 9.17) is 0 Å². The average Bonchev–Trinajstić information content (AvgIpc) is 1.68. The van der Waals surface area contributed by atoms with Gasteiger partial charge in [0, 0.05) is 6.42 Å². The van der Waals surface area contributed by atoms with Gasteiger partial charge >= 0.3 is 0 Å². The van der Waals surface area contributed by atoms with Crippen LogP contribution in [0.3, 0.4) is 0 Å². The molecule has 0 aliphatic rings. The van der Waals surface area contributed by atoms with Gasteiger partial charge in [0.1, 0.15) is 0 Å². The van der Waals surface area contributed by atoms with Gasteiger partial charge in [0.05, 0.1) is 0 Å². The van der Waals surface area contributed by atoms with Crippen LogP contribution in [0, 0.1) is 0 Å². The van der Waals surface area contributed by atoms with E-state index in [9.17, 15) is 4.79 Å². The van der Waals surface area contributed by atoms with Crippen molar-refractivity contribution in [1.29, 1.82) is 0 Å². The third-order valence-corrected chi connectivity index (χ3v) is 0.701. The summed E-state index contributed by atoms with van der Waals surface area (Å²) in [6.07, 6.45) is 3.95. The maximum atomic E-state index is 10.3. The third kappa shape index (κ3) is 5.37. The van der Waals surface area contributed by atoms with Crippen LogP contribution in [0.15, 0.2) is 12.2 Å². The maximum Gasteiger partial charge on any atom is 0.155 e. The molecule has 0 aliphatic carbocycles. The summed E-state index contributed by atoms with van der Waals surface area (Å²) >= 11 is 0. The fraction of sp³-hybridized carbons (Fsp3) is 0.500. The van der Waals surface area contributed by atoms with Crippen molar-refractivity contribution in [2.75, 3.05) is 0 Å². The second-order valence-corrected chi connectivity index (χ2v) is 1.32. The van der Waals surface area contributed by atoms with E-state index in [0.29, 0.717) is 6.42 Å². The molecule has 0 aromatic heterocycles. The van der Waals surface area contributed by atoms with Gasteiger partial charge in [0.25, 0.3) is 0 Å². The van der Waals surface area contributed by atoms with Crippen LogP contribution >= 0.6 is 0 Å². The Morgan fingerprint density at radius 2 is 2.12 bits per heavy atom. The van der Waals surface area contributed by atoms with Crippen LogP contribution in [0.25, 0.3) is 0 Å². The molecule has 0 heterocycles. The molecule has 0 radical (unpaired) electrons. The molecule has 0 amide bonds. The molecule has 2 N–H and O–H groups in total. The Morgan fingerprint density at radius 1 is 1.62 bits per heavy atom. The highest BCUT2D eigenvalue weighted by molar-refractivity contribution is 5.89. The quantitative estimate of drug-likeness (QED) is 0.490. The molecule has 48 valence electrons. The Balaban J connectivity index is 0. The molecule has 2 nitrogen and oxygen atoms in total. The Hall–Kier alpha value is -0.630. The Morgan fingerprint density at radius 3 is 2.25 bits per heavy atom. The fourth-order valence-corrected chi connectivity index (χ4v) is 0.304. The normalized spacial score (nSPS) is 8.75. The first-order chi connectivity index (χ1) is 3.31. The zero-order valence-corrected chi connectivity index (χ0v) is 5.27. The number of carbonyl (C=O) groups is 1. The zero-order chi connectivity index (χ0) is 5.70. The van der Waals surface area contributed by atoms with Gasteiger partial charge in [-0.15, -0.1) is 0 Å². The summed E-state index contributed by atoms with van der Waals surface area (Å²) in [4.78, 5) is 10.3. The lowest BCUT2D eigenvalue weighted by molar-refractivity contribution is -0.114. The Bertz CT molecular complexity index is 84.5. The topological polar surface area (TPSA) is 48.6 Å². The van der Waals surface area contributed by atoms with E-state index >= 15 is 0 Å². The first-order valence-corrected chi connectivity index (χ1v) is 2.46. The van der Waals surface area contributed by atoms with Crippen molar-refractivity contribution < 1.29 is 10.3 Å². The highest BCUT2D eigenvalue weighted by atomic mass is 16.1. The molecular formula is C6H12O2. The fourth-order valence-electron chi connectivity index (χ4n) is 0.304. The smallest absolute Gasteiger partial charge is 0.155 e. The minimum Gasteiger partial charge on any atom is -0.412 e. The molecule has 0 saturated heterocycles. The molecular weight excluding hydrogens is 104 g/mol. The van der Waals surface area contributed by atoms with E-state index < -0.39 is 0 Å². The van der Waals surface area contributed by atoms with Crippen LogP contribution in [0.1, 0.15) is 20.3 Å². The Labute approximate surface area is 49.5 Å². The number of hydrogen-bond acceptors (Lipinski definition) is 1. The van der Waals surface area contributed by atoms with Crippen LogP contribution in [0.2, 0.25) is 0 Å². The minimum atomic E-state index is 0.